The topological polar surface area (TPSA) is 80.1 Å². The zero-order chi connectivity index (χ0) is 18.6. The molecule has 0 aliphatic heterocycles. The second-order valence-corrected chi connectivity index (χ2v) is 6.84. The molecule has 27 heavy (non-hydrogen) atoms. The lowest BCUT2D eigenvalue weighted by Crippen LogP contribution is -2.18. The first kappa shape index (κ1) is 17.0. The van der Waals surface area contributed by atoms with Crippen LogP contribution in [0.5, 0.6) is 0 Å². The number of carbonyl (C=O) groups excluding carboxylic acids is 1. The van der Waals surface area contributed by atoms with Crippen LogP contribution in [-0.2, 0) is 0 Å². The van der Waals surface area contributed by atoms with Crippen LogP contribution in [0.1, 0.15) is 21.1 Å². The Balaban J connectivity index is 1.69. The van der Waals surface area contributed by atoms with E-state index in [1.165, 1.54) is 17.6 Å². The van der Waals surface area contributed by atoms with Gasteiger partial charge in [-0.3, -0.25) is 9.78 Å². The number of para-hydroxylation sites is 1. The summed E-state index contributed by atoms with van der Waals surface area (Å²) in [6, 6.07) is 14.8. The zero-order valence-electron chi connectivity index (χ0n) is 14.5. The Labute approximate surface area is 159 Å². The maximum Gasteiger partial charge on any atom is 0.272 e. The summed E-state index contributed by atoms with van der Waals surface area (Å²) >= 11 is 1.53. The minimum absolute atomic E-state index is 0.311. The van der Waals surface area contributed by atoms with E-state index in [0.29, 0.717) is 22.6 Å². The van der Waals surface area contributed by atoms with E-state index in [4.69, 9.17) is 0 Å². The van der Waals surface area contributed by atoms with E-state index in [1.807, 2.05) is 54.8 Å². The number of pyridine rings is 2. The molecule has 1 aromatic carbocycles. The number of nitrogens with one attached hydrogen (secondary N) is 1. The highest BCUT2D eigenvalue weighted by Gasteiger charge is 2.14. The monoisotopic (exact) mass is 373 g/mol. The van der Waals surface area contributed by atoms with Crippen LogP contribution in [0.15, 0.2) is 65.2 Å². The van der Waals surface area contributed by atoms with Gasteiger partial charge in [-0.2, -0.15) is 5.10 Å². The van der Waals surface area contributed by atoms with Gasteiger partial charge in [0.25, 0.3) is 5.91 Å². The van der Waals surface area contributed by atoms with Gasteiger partial charge in [-0.25, -0.2) is 15.4 Å². The van der Waals surface area contributed by atoms with E-state index < -0.39 is 0 Å². The van der Waals surface area contributed by atoms with Crippen molar-refractivity contribution in [2.75, 3.05) is 0 Å². The number of fused-ring (bicyclic) bond motifs is 1. The van der Waals surface area contributed by atoms with Crippen molar-refractivity contribution in [3.63, 3.8) is 0 Å². The lowest BCUT2D eigenvalue weighted by atomic mass is 10.1. The van der Waals surface area contributed by atoms with Crippen LogP contribution < -0.4 is 5.43 Å². The summed E-state index contributed by atoms with van der Waals surface area (Å²) in [5.74, 6) is -0.311. The molecule has 1 N–H and O–H groups in total. The molecule has 4 rings (SSSR count). The Hall–Kier alpha value is -3.45. The highest BCUT2D eigenvalue weighted by molar-refractivity contribution is 7.09. The molecular formula is C20H15N5OS. The summed E-state index contributed by atoms with van der Waals surface area (Å²) in [5.41, 5.74) is 5.85. The quantitative estimate of drug-likeness (QED) is 0.435. The fourth-order valence-corrected chi connectivity index (χ4v) is 3.23. The fraction of sp³-hybridized carbons (Fsp3) is 0.0500. The first-order valence-electron chi connectivity index (χ1n) is 8.27. The van der Waals surface area contributed by atoms with Gasteiger partial charge in [0, 0.05) is 17.0 Å². The van der Waals surface area contributed by atoms with E-state index in [0.717, 1.165) is 15.9 Å². The molecule has 0 aliphatic rings. The van der Waals surface area contributed by atoms with Gasteiger partial charge in [0.2, 0.25) is 0 Å². The Kier molecular flexibility index (Phi) is 4.67. The molecule has 6 nitrogen and oxygen atoms in total. The lowest BCUT2D eigenvalue weighted by Gasteiger charge is -2.08. The standard InChI is InChI=1S/C20H15N5OS/c1-13-23-14(12-27-13)11-22-25-20(26)16-10-19(18-8-4-5-9-21-18)24-17-7-3-2-6-15(16)17/h2-12H,1H3,(H,25,26)/b22-11-. The predicted molar refractivity (Wildman–Crippen MR) is 107 cm³/mol. The molecule has 3 heterocycles. The second kappa shape index (κ2) is 7.43. The zero-order valence-corrected chi connectivity index (χ0v) is 15.3. The molecule has 0 bridgehead atoms. The van der Waals surface area contributed by atoms with Crippen molar-refractivity contribution in [2.45, 2.75) is 6.92 Å². The molecule has 0 saturated heterocycles. The van der Waals surface area contributed by atoms with Crippen molar-refractivity contribution in [2.24, 2.45) is 5.10 Å². The van der Waals surface area contributed by atoms with Crippen molar-refractivity contribution in [1.29, 1.82) is 0 Å². The van der Waals surface area contributed by atoms with E-state index in [9.17, 15) is 4.79 Å². The third-order valence-corrected chi connectivity index (χ3v) is 4.68. The van der Waals surface area contributed by atoms with E-state index in [1.54, 1.807) is 12.3 Å². The first-order chi connectivity index (χ1) is 13.2. The number of hydrogen-bond acceptors (Lipinski definition) is 6. The summed E-state index contributed by atoms with van der Waals surface area (Å²) < 4.78 is 0. The summed E-state index contributed by atoms with van der Waals surface area (Å²) in [4.78, 5) is 26.0. The second-order valence-electron chi connectivity index (χ2n) is 5.78. The van der Waals surface area contributed by atoms with Gasteiger partial charge in [0.15, 0.2) is 0 Å². The number of carbonyl (C=O) groups is 1. The summed E-state index contributed by atoms with van der Waals surface area (Å²) in [6.45, 7) is 1.92. The number of aromatic nitrogens is 3. The number of benzene rings is 1. The first-order valence-corrected chi connectivity index (χ1v) is 9.15. The highest BCUT2D eigenvalue weighted by Crippen LogP contribution is 2.23. The molecular weight excluding hydrogens is 358 g/mol. The van der Waals surface area contributed by atoms with Gasteiger partial charge < -0.3 is 0 Å². The minimum atomic E-state index is -0.311. The molecule has 0 saturated carbocycles. The number of rotatable bonds is 4. The van der Waals surface area contributed by atoms with Crippen LogP contribution in [-0.4, -0.2) is 27.1 Å². The van der Waals surface area contributed by atoms with Gasteiger partial charge in [0.05, 0.1) is 39.4 Å². The van der Waals surface area contributed by atoms with Crippen molar-refractivity contribution in [3.05, 3.63) is 76.4 Å². The number of amides is 1. The fourth-order valence-electron chi connectivity index (χ4n) is 2.67. The SMILES string of the molecule is Cc1nc(/C=N\NC(=O)c2cc(-c3ccccn3)nc3ccccc23)cs1. The summed E-state index contributed by atoms with van der Waals surface area (Å²) in [5, 5.41) is 7.61. The van der Waals surface area contributed by atoms with Crippen molar-refractivity contribution < 1.29 is 4.79 Å². The molecule has 0 radical (unpaired) electrons. The van der Waals surface area contributed by atoms with Crippen LogP contribution in [0.25, 0.3) is 22.3 Å². The third kappa shape index (κ3) is 3.73. The van der Waals surface area contributed by atoms with E-state index in [2.05, 4.69) is 25.5 Å². The van der Waals surface area contributed by atoms with Crippen LogP contribution in [0.3, 0.4) is 0 Å². The van der Waals surface area contributed by atoms with Gasteiger partial charge in [-0.15, -0.1) is 11.3 Å². The number of thiazole rings is 1. The Bertz CT molecular complexity index is 1140. The van der Waals surface area contributed by atoms with Crippen molar-refractivity contribution >= 4 is 34.4 Å². The molecule has 0 unspecified atom stereocenters. The largest absolute Gasteiger partial charge is 0.272 e. The van der Waals surface area contributed by atoms with Crippen LogP contribution in [0.4, 0.5) is 0 Å². The normalized spacial score (nSPS) is 11.1. The molecule has 3 aromatic heterocycles. The van der Waals surface area contributed by atoms with Crippen LogP contribution in [0.2, 0.25) is 0 Å². The molecule has 0 aliphatic carbocycles. The maximum atomic E-state index is 12.7. The number of hydrogen-bond donors (Lipinski definition) is 1. The molecule has 0 atom stereocenters. The van der Waals surface area contributed by atoms with Crippen molar-refractivity contribution in [3.8, 4) is 11.4 Å². The summed E-state index contributed by atoms with van der Waals surface area (Å²) in [6.07, 6.45) is 3.23. The van der Waals surface area contributed by atoms with E-state index >= 15 is 0 Å². The van der Waals surface area contributed by atoms with E-state index in [-0.39, 0.29) is 5.91 Å². The lowest BCUT2D eigenvalue weighted by molar-refractivity contribution is 0.0957. The molecule has 7 heteroatoms. The average Bonchev–Trinajstić information content (AvgIpc) is 3.12. The summed E-state index contributed by atoms with van der Waals surface area (Å²) in [7, 11) is 0. The average molecular weight is 373 g/mol. The molecule has 1 amide bonds. The highest BCUT2D eigenvalue weighted by atomic mass is 32.1. The minimum Gasteiger partial charge on any atom is -0.267 e. The van der Waals surface area contributed by atoms with Gasteiger partial charge in [0.1, 0.15) is 0 Å². The smallest absolute Gasteiger partial charge is 0.267 e. The van der Waals surface area contributed by atoms with Gasteiger partial charge in [-0.1, -0.05) is 24.3 Å². The number of nitrogens with zero attached hydrogens (tertiary/aromatic N) is 4. The number of aryl methyl sites for hydroxylation is 1. The Morgan fingerprint density at radius 1 is 1.11 bits per heavy atom. The molecule has 4 aromatic rings. The Morgan fingerprint density at radius 3 is 2.74 bits per heavy atom. The van der Waals surface area contributed by atoms with Crippen LogP contribution >= 0.6 is 11.3 Å². The van der Waals surface area contributed by atoms with Crippen LogP contribution in [0, 0.1) is 6.92 Å². The van der Waals surface area contributed by atoms with Gasteiger partial charge in [-0.05, 0) is 31.2 Å². The number of hydrazone groups is 1. The third-order valence-electron chi connectivity index (χ3n) is 3.89. The molecule has 0 spiro atoms. The predicted octanol–water partition coefficient (Wildman–Crippen LogP) is 3.83. The van der Waals surface area contributed by atoms with Crippen molar-refractivity contribution in [1.82, 2.24) is 20.4 Å². The maximum absolute atomic E-state index is 12.7. The molecule has 132 valence electrons. The van der Waals surface area contributed by atoms with Gasteiger partial charge >= 0.3 is 0 Å². The Morgan fingerprint density at radius 2 is 1.96 bits per heavy atom. The molecule has 0 fully saturated rings.